The number of amides is 1. The predicted octanol–water partition coefficient (Wildman–Crippen LogP) is 5.27. The molecular formula is C24H29N3O2. The summed E-state index contributed by atoms with van der Waals surface area (Å²) in [7, 11) is 1.88. The first-order valence-electron chi connectivity index (χ1n) is 10.1. The first kappa shape index (κ1) is 20.6. The number of aromatic nitrogens is 2. The van der Waals surface area contributed by atoms with E-state index in [0.717, 1.165) is 22.6 Å². The summed E-state index contributed by atoms with van der Waals surface area (Å²) in [5.41, 5.74) is 2.77. The zero-order valence-electron chi connectivity index (χ0n) is 17.6. The predicted molar refractivity (Wildman–Crippen MR) is 116 cm³/mol. The first-order valence-corrected chi connectivity index (χ1v) is 10.1. The topological polar surface area (TPSA) is 47.4 Å². The molecule has 5 heteroatoms. The van der Waals surface area contributed by atoms with E-state index < -0.39 is 0 Å². The van der Waals surface area contributed by atoms with Crippen LogP contribution in [0.4, 0.5) is 0 Å². The number of benzene rings is 2. The molecule has 0 aliphatic heterocycles. The second-order valence-corrected chi connectivity index (χ2v) is 7.56. The molecule has 0 fully saturated rings. The molecule has 0 saturated carbocycles. The molecule has 152 valence electrons. The Kier molecular flexibility index (Phi) is 6.70. The van der Waals surface area contributed by atoms with Gasteiger partial charge in [-0.2, -0.15) is 5.10 Å². The van der Waals surface area contributed by atoms with Crippen LogP contribution in [0, 0.1) is 5.92 Å². The summed E-state index contributed by atoms with van der Waals surface area (Å²) in [6.45, 7) is 7.31. The SMILES string of the molecule is CCC(=O)N(Cc1c(-c2ccccc2)nn(C)c1Oc1ccccc1)CC(C)C. The molecule has 0 saturated heterocycles. The lowest BCUT2D eigenvalue weighted by molar-refractivity contribution is -0.132. The fourth-order valence-electron chi connectivity index (χ4n) is 3.36. The number of aryl methyl sites for hydroxylation is 1. The molecule has 0 aliphatic rings. The number of ether oxygens (including phenoxy) is 1. The van der Waals surface area contributed by atoms with Gasteiger partial charge in [0.15, 0.2) is 0 Å². The molecule has 0 aliphatic carbocycles. The third kappa shape index (κ3) is 5.05. The summed E-state index contributed by atoms with van der Waals surface area (Å²) in [6.07, 6.45) is 0.475. The highest BCUT2D eigenvalue weighted by Crippen LogP contribution is 2.34. The fourth-order valence-corrected chi connectivity index (χ4v) is 3.36. The smallest absolute Gasteiger partial charge is 0.223 e. The number of carbonyl (C=O) groups is 1. The van der Waals surface area contributed by atoms with Crippen molar-refractivity contribution in [1.29, 1.82) is 0 Å². The second kappa shape index (κ2) is 9.41. The van der Waals surface area contributed by atoms with Crippen molar-refractivity contribution < 1.29 is 9.53 Å². The van der Waals surface area contributed by atoms with Gasteiger partial charge >= 0.3 is 0 Å². The van der Waals surface area contributed by atoms with Gasteiger partial charge in [-0.05, 0) is 18.1 Å². The Balaban J connectivity index is 2.06. The van der Waals surface area contributed by atoms with Gasteiger partial charge in [-0.3, -0.25) is 4.79 Å². The summed E-state index contributed by atoms with van der Waals surface area (Å²) in [5.74, 6) is 1.91. The molecular weight excluding hydrogens is 362 g/mol. The van der Waals surface area contributed by atoms with Crippen molar-refractivity contribution in [3.63, 3.8) is 0 Å². The zero-order valence-corrected chi connectivity index (χ0v) is 17.6. The maximum absolute atomic E-state index is 12.6. The molecule has 1 amide bonds. The van der Waals surface area contributed by atoms with Crippen LogP contribution >= 0.6 is 0 Å². The number of carbonyl (C=O) groups excluding carboxylic acids is 1. The standard InChI is InChI=1S/C24H29N3O2/c1-5-22(28)27(16-18(2)3)17-21-23(19-12-8-6-9-13-19)25-26(4)24(21)29-20-14-10-7-11-15-20/h6-15,18H,5,16-17H2,1-4H3. The summed E-state index contributed by atoms with van der Waals surface area (Å²) in [6, 6.07) is 19.7. The summed E-state index contributed by atoms with van der Waals surface area (Å²) < 4.78 is 7.98. The van der Waals surface area contributed by atoms with Gasteiger partial charge in [-0.15, -0.1) is 0 Å². The molecule has 0 radical (unpaired) electrons. The molecule has 0 unspecified atom stereocenters. The van der Waals surface area contributed by atoms with Crippen LogP contribution in [-0.4, -0.2) is 27.1 Å². The van der Waals surface area contributed by atoms with E-state index >= 15 is 0 Å². The third-order valence-corrected chi connectivity index (χ3v) is 4.68. The van der Waals surface area contributed by atoms with Gasteiger partial charge in [0.2, 0.25) is 11.8 Å². The van der Waals surface area contributed by atoms with E-state index in [4.69, 9.17) is 9.84 Å². The maximum atomic E-state index is 12.6. The molecule has 1 aromatic heterocycles. The molecule has 0 N–H and O–H groups in total. The molecule has 0 atom stereocenters. The lowest BCUT2D eigenvalue weighted by Gasteiger charge is -2.25. The summed E-state index contributed by atoms with van der Waals surface area (Å²) in [5, 5.41) is 4.75. The molecule has 3 rings (SSSR count). The van der Waals surface area contributed by atoms with Crippen molar-refractivity contribution in [1.82, 2.24) is 14.7 Å². The fraction of sp³-hybridized carbons (Fsp3) is 0.333. The lowest BCUT2D eigenvalue weighted by atomic mass is 10.1. The highest BCUT2D eigenvalue weighted by molar-refractivity contribution is 5.76. The van der Waals surface area contributed by atoms with E-state index in [1.165, 1.54) is 0 Å². The Bertz CT molecular complexity index is 934. The minimum atomic E-state index is 0.132. The van der Waals surface area contributed by atoms with Crippen molar-refractivity contribution in [2.75, 3.05) is 6.54 Å². The Morgan fingerprint density at radius 3 is 2.28 bits per heavy atom. The van der Waals surface area contributed by atoms with E-state index in [0.29, 0.717) is 31.3 Å². The maximum Gasteiger partial charge on any atom is 0.223 e. The van der Waals surface area contributed by atoms with Crippen LogP contribution in [0.2, 0.25) is 0 Å². The molecule has 5 nitrogen and oxygen atoms in total. The Morgan fingerprint density at radius 1 is 1.07 bits per heavy atom. The van der Waals surface area contributed by atoms with Crippen molar-refractivity contribution in [3.8, 4) is 22.9 Å². The van der Waals surface area contributed by atoms with Crippen LogP contribution in [0.5, 0.6) is 11.6 Å². The monoisotopic (exact) mass is 391 g/mol. The zero-order chi connectivity index (χ0) is 20.8. The van der Waals surface area contributed by atoms with Crippen LogP contribution in [-0.2, 0) is 18.4 Å². The van der Waals surface area contributed by atoms with Gasteiger partial charge in [0.05, 0.1) is 12.1 Å². The highest BCUT2D eigenvalue weighted by atomic mass is 16.5. The quantitative estimate of drug-likeness (QED) is 0.525. The molecule has 2 aromatic carbocycles. The van der Waals surface area contributed by atoms with Gasteiger partial charge in [0.1, 0.15) is 11.4 Å². The van der Waals surface area contributed by atoms with E-state index in [1.54, 1.807) is 4.68 Å². The van der Waals surface area contributed by atoms with Gasteiger partial charge in [0.25, 0.3) is 0 Å². The van der Waals surface area contributed by atoms with Crippen molar-refractivity contribution >= 4 is 5.91 Å². The van der Waals surface area contributed by atoms with Gasteiger partial charge in [-0.1, -0.05) is 69.3 Å². The van der Waals surface area contributed by atoms with Crippen LogP contribution in [0.3, 0.4) is 0 Å². The van der Waals surface area contributed by atoms with Crippen LogP contribution in [0.25, 0.3) is 11.3 Å². The van der Waals surface area contributed by atoms with E-state index in [2.05, 4.69) is 13.8 Å². The number of rotatable bonds is 8. The number of hydrogen-bond donors (Lipinski definition) is 0. The Labute approximate surface area is 172 Å². The second-order valence-electron chi connectivity index (χ2n) is 7.56. The lowest BCUT2D eigenvalue weighted by Crippen LogP contribution is -2.33. The molecule has 29 heavy (non-hydrogen) atoms. The molecule has 0 spiro atoms. The van der Waals surface area contributed by atoms with Gasteiger partial charge in [0, 0.05) is 25.6 Å². The number of hydrogen-bond acceptors (Lipinski definition) is 3. The third-order valence-electron chi connectivity index (χ3n) is 4.68. The molecule has 1 heterocycles. The highest BCUT2D eigenvalue weighted by Gasteiger charge is 2.24. The number of para-hydroxylation sites is 1. The Morgan fingerprint density at radius 2 is 1.69 bits per heavy atom. The van der Waals surface area contributed by atoms with Crippen molar-refractivity contribution in [2.45, 2.75) is 33.7 Å². The van der Waals surface area contributed by atoms with Crippen LogP contribution in [0.1, 0.15) is 32.8 Å². The largest absolute Gasteiger partial charge is 0.439 e. The van der Waals surface area contributed by atoms with E-state index in [-0.39, 0.29) is 5.91 Å². The van der Waals surface area contributed by atoms with Gasteiger partial charge < -0.3 is 9.64 Å². The normalized spacial score (nSPS) is 10.9. The summed E-state index contributed by atoms with van der Waals surface area (Å²) in [4.78, 5) is 14.5. The average Bonchev–Trinajstić information content (AvgIpc) is 3.03. The van der Waals surface area contributed by atoms with Crippen LogP contribution in [0.15, 0.2) is 60.7 Å². The first-order chi connectivity index (χ1) is 14.0. The molecule has 0 bridgehead atoms. The minimum absolute atomic E-state index is 0.132. The van der Waals surface area contributed by atoms with Crippen molar-refractivity contribution in [3.05, 3.63) is 66.2 Å². The minimum Gasteiger partial charge on any atom is -0.439 e. The summed E-state index contributed by atoms with van der Waals surface area (Å²) >= 11 is 0. The van der Waals surface area contributed by atoms with Gasteiger partial charge in [-0.25, -0.2) is 4.68 Å². The Hall–Kier alpha value is -3.08. The number of nitrogens with zero attached hydrogens (tertiary/aromatic N) is 3. The average molecular weight is 392 g/mol. The van der Waals surface area contributed by atoms with E-state index in [9.17, 15) is 4.79 Å². The van der Waals surface area contributed by atoms with Crippen LogP contribution < -0.4 is 4.74 Å². The van der Waals surface area contributed by atoms with Crippen molar-refractivity contribution in [2.24, 2.45) is 13.0 Å². The molecule has 3 aromatic rings. The van der Waals surface area contributed by atoms with E-state index in [1.807, 2.05) is 79.5 Å².